The molecule has 3 atom stereocenters. The van der Waals surface area contributed by atoms with E-state index in [1.54, 1.807) is 0 Å². The van der Waals surface area contributed by atoms with Crippen molar-refractivity contribution in [1.29, 1.82) is 0 Å². The van der Waals surface area contributed by atoms with Crippen LogP contribution < -0.4 is 10.6 Å². The second-order valence-corrected chi connectivity index (χ2v) is 8.19. The van der Waals surface area contributed by atoms with Gasteiger partial charge in [-0.3, -0.25) is 4.79 Å². The van der Waals surface area contributed by atoms with Gasteiger partial charge in [-0.05, 0) is 25.2 Å². The van der Waals surface area contributed by atoms with Crippen LogP contribution >= 0.6 is 0 Å². The Hall–Kier alpha value is -1.31. The molecule has 1 saturated heterocycles. The SMILES string of the molecule is O=C(NCC1CCS(=O)(=O)C1)NC1CCCCC1C(=O)O. The number of carbonyl (C=O) groups is 2. The third-order valence-corrected chi connectivity index (χ3v) is 6.11. The van der Waals surface area contributed by atoms with Crippen LogP contribution in [0.3, 0.4) is 0 Å². The van der Waals surface area contributed by atoms with Gasteiger partial charge in [0.15, 0.2) is 9.84 Å². The second-order valence-electron chi connectivity index (χ2n) is 5.96. The predicted octanol–water partition coefficient (Wildman–Crippen LogP) is 0.364. The third-order valence-electron chi connectivity index (χ3n) is 4.28. The van der Waals surface area contributed by atoms with E-state index in [0.29, 0.717) is 25.8 Å². The molecule has 3 N–H and O–H groups in total. The topological polar surface area (TPSA) is 113 Å². The number of carbonyl (C=O) groups excluding carboxylic acids is 1. The Morgan fingerprint density at radius 1 is 1.14 bits per heavy atom. The molecule has 2 rings (SSSR count). The number of carboxylic acids is 1. The molecule has 1 aliphatic carbocycles. The zero-order valence-corrected chi connectivity index (χ0v) is 12.7. The largest absolute Gasteiger partial charge is 0.481 e. The van der Waals surface area contributed by atoms with E-state index in [9.17, 15) is 18.0 Å². The molecule has 0 aromatic heterocycles. The number of nitrogens with one attached hydrogen (secondary N) is 2. The first-order valence-corrected chi connectivity index (χ1v) is 9.17. The maximum Gasteiger partial charge on any atom is 0.315 e. The van der Waals surface area contributed by atoms with E-state index in [4.69, 9.17) is 5.11 Å². The van der Waals surface area contributed by atoms with Gasteiger partial charge < -0.3 is 15.7 Å². The molecule has 120 valence electrons. The summed E-state index contributed by atoms with van der Waals surface area (Å²) in [4.78, 5) is 23.0. The first kappa shape index (κ1) is 16.1. The molecule has 8 heteroatoms. The number of sulfone groups is 1. The number of rotatable bonds is 4. The van der Waals surface area contributed by atoms with Crippen molar-refractivity contribution in [2.75, 3.05) is 18.1 Å². The summed E-state index contributed by atoms with van der Waals surface area (Å²) in [5, 5.41) is 14.5. The number of hydrogen-bond acceptors (Lipinski definition) is 4. The molecule has 2 fully saturated rings. The van der Waals surface area contributed by atoms with Crippen LogP contribution in [0.1, 0.15) is 32.1 Å². The fourth-order valence-electron chi connectivity index (χ4n) is 3.09. The van der Waals surface area contributed by atoms with Crippen LogP contribution in [0.25, 0.3) is 0 Å². The lowest BCUT2D eigenvalue weighted by Gasteiger charge is -2.29. The summed E-state index contributed by atoms with van der Waals surface area (Å²) in [5.41, 5.74) is 0. The van der Waals surface area contributed by atoms with Gasteiger partial charge >= 0.3 is 12.0 Å². The minimum Gasteiger partial charge on any atom is -0.481 e. The molecule has 21 heavy (non-hydrogen) atoms. The lowest BCUT2D eigenvalue weighted by atomic mass is 9.84. The van der Waals surface area contributed by atoms with Crippen LogP contribution in [-0.4, -0.2) is 49.6 Å². The van der Waals surface area contributed by atoms with Gasteiger partial charge in [0.2, 0.25) is 0 Å². The Morgan fingerprint density at radius 2 is 1.86 bits per heavy atom. The summed E-state index contributed by atoms with van der Waals surface area (Å²) in [6.07, 6.45) is 3.61. The Morgan fingerprint density at radius 3 is 2.48 bits per heavy atom. The highest BCUT2D eigenvalue weighted by Crippen LogP contribution is 2.24. The molecule has 0 spiro atoms. The summed E-state index contributed by atoms with van der Waals surface area (Å²) in [6, 6.07) is -0.749. The molecular weight excluding hydrogens is 296 g/mol. The van der Waals surface area contributed by atoms with Gasteiger partial charge in [-0.2, -0.15) is 0 Å². The first-order chi connectivity index (χ1) is 9.87. The van der Waals surface area contributed by atoms with Crippen molar-refractivity contribution in [3.8, 4) is 0 Å². The zero-order valence-electron chi connectivity index (χ0n) is 11.9. The normalized spacial score (nSPS) is 31.5. The van der Waals surface area contributed by atoms with E-state index in [2.05, 4.69) is 10.6 Å². The van der Waals surface area contributed by atoms with Gasteiger partial charge in [-0.15, -0.1) is 0 Å². The van der Waals surface area contributed by atoms with E-state index in [1.165, 1.54) is 0 Å². The van der Waals surface area contributed by atoms with E-state index in [0.717, 1.165) is 12.8 Å². The lowest BCUT2D eigenvalue weighted by Crippen LogP contribution is -2.49. The first-order valence-electron chi connectivity index (χ1n) is 7.35. The van der Waals surface area contributed by atoms with Gasteiger partial charge in [0.1, 0.15) is 0 Å². The van der Waals surface area contributed by atoms with Crippen molar-refractivity contribution >= 4 is 21.8 Å². The van der Waals surface area contributed by atoms with Crippen molar-refractivity contribution < 1.29 is 23.1 Å². The van der Waals surface area contributed by atoms with Crippen molar-refractivity contribution in [1.82, 2.24) is 10.6 Å². The Labute approximate surface area is 124 Å². The Kier molecular flexibility index (Phi) is 5.08. The predicted molar refractivity (Wildman–Crippen MR) is 76.7 cm³/mol. The van der Waals surface area contributed by atoms with Crippen LogP contribution in [0.15, 0.2) is 0 Å². The average molecular weight is 318 g/mol. The van der Waals surface area contributed by atoms with Gasteiger partial charge in [0.05, 0.1) is 17.4 Å². The van der Waals surface area contributed by atoms with E-state index >= 15 is 0 Å². The van der Waals surface area contributed by atoms with Crippen molar-refractivity contribution in [3.05, 3.63) is 0 Å². The summed E-state index contributed by atoms with van der Waals surface area (Å²) < 4.78 is 22.7. The minimum atomic E-state index is -2.94. The van der Waals surface area contributed by atoms with Gasteiger partial charge in [0, 0.05) is 12.6 Å². The molecule has 2 amide bonds. The molecule has 2 aliphatic rings. The highest BCUT2D eigenvalue weighted by Gasteiger charge is 2.32. The van der Waals surface area contributed by atoms with Crippen molar-refractivity contribution in [3.63, 3.8) is 0 Å². The maximum absolute atomic E-state index is 11.8. The smallest absolute Gasteiger partial charge is 0.315 e. The quantitative estimate of drug-likeness (QED) is 0.693. The fourth-order valence-corrected chi connectivity index (χ4v) is 4.95. The summed E-state index contributed by atoms with van der Waals surface area (Å²) in [7, 11) is -2.94. The van der Waals surface area contributed by atoms with E-state index in [-0.39, 0.29) is 23.5 Å². The number of amides is 2. The molecule has 0 aromatic carbocycles. The number of hydrogen-bond donors (Lipinski definition) is 3. The van der Waals surface area contributed by atoms with Gasteiger partial charge in [-0.25, -0.2) is 13.2 Å². The van der Waals surface area contributed by atoms with Crippen LogP contribution in [0.2, 0.25) is 0 Å². The number of carboxylic acid groups (broad SMARTS) is 1. The molecule has 1 heterocycles. The van der Waals surface area contributed by atoms with Gasteiger partial charge in [0.25, 0.3) is 0 Å². The third kappa shape index (κ3) is 4.59. The van der Waals surface area contributed by atoms with E-state index in [1.807, 2.05) is 0 Å². The monoisotopic (exact) mass is 318 g/mol. The van der Waals surface area contributed by atoms with Crippen molar-refractivity contribution in [2.45, 2.75) is 38.1 Å². The summed E-state index contributed by atoms with van der Waals surface area (Å²) in [6.45, 7) is 0.315. The molecule has 0 aromatic rings. The molecule has 1 aliphatic heterocycles. The molecule has 7 nitrogen and oxygen atoms in total. The average Bonchev–Trinajstić information content (AvgIpc) is 2.76. The summed E-state index contributed by atoms with van der Waals surface area (Å²) in [5.74, 6) is -1.14. The highest BCUT2D eigenvalue weighted by molar-refractivity contribution is 7.91. The van der Waals surface area contributed by atoms with Gasteiger partial charge in [-0.1, -0.05) is 12.8 Å². The lowest BCUT2D eigenvalue weighted by molar-refractivity contribution is -0.143. The zero-order chi connectivity index (χ0) is 15.5. The number of aliphatic carboxylic acids is 1. The standard InChI is InChI=1S/C13H22N2O5S/c16-12(17)10-3-1-2-4-11(10)15-13(18)14-7-9-5-6-21(19,20)8-9/h9-11H,1-8H2,(H,16,17)(H2,14,15,18). The molecule has 0 bridgehead atoms. The Bertz CT molecular complexity index is 505. The highest BCUT2D eigenvalue weighted by atomic mass is 32.2. The van der Waals surface area contributed by atoms with Crippen molar-refractivity contribution in [2.24, 2.45) is 11.8 Å². The summed E-state index contributed by atoms with van der Waals surface area (Å²) >= 11 is 0. The molecular formula is C13H22N2O5S. The van der Waals surface area contributed by atoms with Crippen LogP contribution in [0.4, 0.5) is 4.79 Å². The molecule has 0 radical (unpaired) electrons. The number of urea groups is 1. The van der Waals surface area contributed by atoms with Crippen LogP contribution in [0.5, 0.6) is 0 Å². The Balaban J connectivity index is 1.77. The van der Waals surface area contributed by atoms with Crippen LogP contribution in [0, 0.1) is 11.8 Å². The second kappa shape index (κ2) is 6.64. The minimum absolute atomic E-state index is 0.0395. The van der Waals surface area contributed by atoms with Crippen LogP contribution in [-0.2, 0) is 14.6 Å². The molecule has 3 unspecified atom stereocenters. The van der Waals surface area contributed by atoms with E-state index < -0.39 is 27.8 Å². The fraction of sp³-hybridized carbons (Fsp3) is 0.846. The molecule has 1 saturated carbocycles. The maximum atomic E-state index is 11.8.